The number of rotatable bonds is 3. The van der Waals surface area contributed by atoms with Gasteiger partial charge in [0.15, 0.2) is 0 Å². The minimum Gasteiger partial charge on any atom is -0.378 e. The lowest BCUT2D eigenvalue weighted by Gasteiger charge is -2.36. The molecule has 1 N–H and O–H groups in total. The zero-order valence-electron chi connectivity index (χ0n) is 14.1. The fourth-order valence-corrected chi connectivity index (χ4v) is 5.45. The first kappa shape index (κ1) is 15.8. The van der Waals surface area contributed by atoms with Crippen LogP contribution in [0.2, 0.25) is 25.7 Å². The molecule has 0 saturated carbocycles. The van der Waals surface area contributed by atoms with Crippen molar-refractivity contribution in [2.75, 3.05) is 5.32 Å². The standard InChI is InChI=1S/C20H24N2Si/c1-23(2,3)14-17-12-20(16-10-8-15(13-21)9-11-16)22-19-7-5-4-6-18(17)19/h4-11,17,20,22H,12,14H2,1-3H3. The van der Waals surface area contributed by atoms with E-state index < -0.39 is 8.07 Å². The minimum absolute atomic E-state index is 0.332. The molecular formula is C20H24N2Si. The van der Waals surface area contributed by atoms with Gasteiger partial charge in [-0.05, 0) is 41.7 Å². The molecule has 0 bridgehead atoms. The van der Waals surface area contributed by atoms with E-state index in [1.165, 1.54) is 22.9 Å². The molecular weight excluding hydrogens is 296 g/mol. The average molecular weight is 321 g/mol. The quantitative estimate of drug-likeness (QED) is 0.754. The highest BCUT2D eigenvalue weighted by molar-refractivity contribution is 6.76. The maximum Gasteiger partial charge on any atom is 0.0991 e. The third-order valence-corrected chi connectivity index (χ3v) is 6.27. The van der Waals surface area contributed by atoms with Crippen LogP contribution in [0.4, 0.5) is 5.69 Å². The van der Waals surface area contributed by atoms with E-state index in [9.17, 15) is 0 Å². The van der Waals surface area contributed by atoms with E-state index in [1.54, 1.807) is 0 Å². The Morgan fingerprint density at radius 1 is 1.09 bits per heavy atom. The Kier molecular flexibility index (Phi) is 4.28. The SMILES string of the molecule is C[Si](C)(C)CC1CC(c2ccc(C#N)cc2)Nc2ccccc21. The molecule has 0 amide bonds. The van der Waals surface area contributed by atoms with E-state index >= 15 is 0 Å². The maximum absolute atomic E-state index is 8.98. The molecule has 2 nitrogen and oxygen atoms in total. The van der Waals surface area contributed by atoms with Gasteiger partial charge in [-0.15, -0.1) is 0 Å². The van der Waals surface area contributed by atoms with Crippen LogP contribution in [0.15, 0.2) is 48.5 Å². The van der Waals surface area contributed by atoms with Crippen molar-refractivity contribution >= 4 is 13.8 Å². The van der Waals surface area contributed by atoms with Gasteiger partial charge in [-0.3, -0.25) is 0 Å². The molecule has 1 aliphatic rings. The van der Waals surface area contributed by atoms with E-state index in [0.29, 0.717) is 12.0 Å². The first-order valence-corrected chi connectivity index (χ1v) is 12.0. The van der Waals surface area contributed by atoms with E-state index in [1.807, 2.05) is 12.1 Å². The monoisotopic (exact) mass is 320 g/mol. The summed E-state index contributed by atoms with van der Waals surface area (Å²) in [4.78, 5) is 0. The molecule has 23 heavy (non-hydrogen) atoms. The molecule has 1 aliphatic heterocycles. The molecule has 0 saturated heterocycles. The van der Waals surface area contributed by atoms with Gasteiger partial charge in [-0.2, -0.15) is 5.26 Å². The van der Waals surface area contributed by atoms with Crippen molar-refractivity contribution in [2.45, 2.75) is 44.1 Å². The second-order valence-electron chi connectivity index (χ2n) is 7.72. The maximum atomic E-state index is 8.98. The van der Waals surface area contributed by atoms with Crippen LogP contribution in [0, 0.1) is 11.3 Å². The van der Waals surface area contributed by atoms with Crippen molar-refractivity contribution in [1.29, 1.82) is 5.26 Å². The fourth-order valence-electron chi connectivity index (χ4n) is 3.58. The van der Waals surface area contributed by atoms with Crippen molar-refractivity contribution in [3.05, 3.63) is 65.2 Å². The van der Waals surface area contributed by atoms with E-state index in [2.05, 4.69) is 67.4 Å². The number of benzene rings is 2. The summed E-state index contributed by atoms with van der Waals surface area (Å²) in [5, 5.41) is 12.7. The van der Waals surface area contributed by atoms with E-state index in [-0.39, 0.29) is 0 Å². The van der Waals surface area contributed by atoms with Crippen LogP contribution in [0.3, 0.4) is 0 Å². The topological polar surface area (TPSA) is 35.8 Å². The van der Waals surface area contributed by atoms with E-state index in [0.717, 1.165) is 12.0 Å². The molecule has 2 aromatic rings. The average Bonchev–Trinajstić information content (AvgIpc) is 2.53. The van der Waals surface area contributed by atoms with Crippen LogP contribution in [-0.4, -0.2) is 8.07 Å². The van der Waals surface area contributed by atoms with Gasteiger partial charge >= 0.3 is 0 Å². The summed E-state index contributed by atoms with van der Waals surface area (Å²) in [6, 6.07) is 20.6. The van der Waals surface area contributed by atoms with Gasteiger partial charge in [0, 0.05) is 13.8 Å². The number of fused-ring (bicyclic) bond motifs is 1. The summed E-state index contributed by atoms with van der Waals surface area (Å²) in [5.41, 5.74) is 4.75. The van der Waals surface area contributed by atoms with Crippen molar-refractivity contribution in [3.63, 3.8) is 0 Å². The van der Waals surface area contributed by atoms with Gasteiger partial charge in [0.25, 0.3) is 0 Å². The number of hydrogen-bond donors (Lipinski definition) is 1. The van der Waals surface area contributed by atoms with Crippen molar-refractivity contribution < 1.29 is 0 Å². The smallest absolute Gasteiger partial charge is 0.0991 e. The highest BCUT2D eigenvalue weighted by Gasteiger charge is 2.30. The second-order valence-corrected chi connectivity index (χ2v) is 13.2. The van der Waals surface area contributed by atoms with Gasteiger partial charge in [0.05, 0.1) is 17.7 Å². The zero-order valence-corrected chi connectivity index (χ0v) is 15.1. The summed E-state index contributed by atoms with van der Waals surface area (Å²) >= 11 is 0. The lowest BCUT2D eigenvalue weighted by molar-refractivity contribution is 0.574. The molecule has 0 aliphatic carbocycles. The highest BCUT2D eigenvalue weighted by Crippen LogP contribution is 2.43. The number of nitrogens with zero attached hydrogens (tertiary/aromatic N) is 1. The normalized spacial score (nSPS) is 20.3. The molecule has 1 heterocycles. The van der Waals surface area contributed by atoms with E-state index in [4.69, 9.17) is 5.26 Å². The first-order chi connectivity index (χ1) is 11.0. The largest absolute Gasteiger partial charge is 0.378 e. The number of hydrogen-bond acceptors (Lipinski definition) is 2. The van der Waals surface area contributed by atoms with Gasteiger partial charge < -0.3 is 5.32 Å². The summed E-state index contributed by atoms with van der Waals surface area (Å²) in [7, 11) is -1.13. The number of anilines is 1. The molecule has 2 unspecified atom stereocenters. The third kappa shape index (κ3) is 3.65. The summed E-state index contributed by atoms with van der Waals surface area (Å²) in [6.45, 7) is 7.36. The molecule has 118 valence electrons. The van der Waals surface area contributed by atoms with Gasteiger partial charge in [-0.1, -0.05) is 56.0 Å². The predicted octanol–water partition coefficient (Wildman–Crippen LogP) is 5.54. The number of nitriles is 1. The first-order valence-electron chi connectivity index (χ1n) is 8.32. The molecule has 2 aromatic carbocycles. The lowest BCUT2D eigenvalue weighted by Crippen LogP contribution is -2.28. The Morgan fingerprint density at radius 3 is 2.43 bits per heavy atom. The van der Waals surface area contributed by atoms with Crippen molar-refractivity contribution in [2.24, 2.45) is 0 Å². The lowest BCUT2D eigenvalue weighted by atomic mass is 9.85. The highest BCUT2D eigenvalue weighted by atomic mass is 28.3. The number of nitrogens with one attached hydrogen (secondary N) is 1. The molecule has 2 atom stereocenters. The van der Waals surface area contributed by atoms with Crippen LogP contribution < -0.4 is 5.32 Å². The molecule has 3 heteroatoms. The molecule has 0 radical (unpaired) electrons. The Bertz CT molecular complexity index is 723. The zero-order chi connectivity index (χ0) is 16.4. The fraction of sp³-hybridized carbons (Fsp3) is 0.350. The molecule has 3 rings (SSSR count). The van der Waals surface area contributed by atoms with Crippen LogP contribution >= 0.6 is 0 Å². The van der Waals surface area contributed by atoms with Gasteiger partial charge in [-0.25, -0.2) is 0 Å². The number of para-hydroxylation sites is 1. The summed E-state index contributed by atoms with van der Waals surface area (Å²) in [5.74, 6) is 0.625. The Labute approximate surface area is 140 Å². The second kappa shape index (κ2) is 6.21. The summed E-state index contributed by atoms with van der Waals surface area (Å²) < 4.78 is 0. The van der Waals surface area contributed by atoms with Crippen LogP contribution in [-0.2, 0) is 0 Å². The molecule has 0 aromatic heterocycles. The van der Waals surface area contributed by atoms with Gasteiger partial charge in [0.1, 0.15) is 0 Å². The molecule has 0 spiro atoms. The predicted molar refractivity (Wildman–Crippen MR) is 99.5 cm³/mol. The van der Waals surface area contributed by atoms with Crippen molar-refractivity contribution in [1.82, 2.24) is 0 Å². The Morgan fingerprint density at radius 2 is 1.78 bits per heavy atom. The Hall–Kier alpha value is -2.05. The van der Waals surface area contributed by atoms with Crippen LogP contribution in [0.25, 0.3) is 0 Å². The van der Waals surface area contributed by atoms with Crippen molar-refractivity contribution in [3.8, 4) is 6.07 Å². The minimum atomic E-state index is -1.13. The van der Waals surface area contributed by atoms with Crippen LogP contribution in [0.5, 0.6) is 0 Å². The molecule has 0 fully saturated rings. The third-order valence-electron chi connectivity index (χ3n) is 4.55. The van der Waals surface area contributed by atoms with Gasteiger partial charge in [0.2, 0.25) is 0 Å². The summed E-state index contributed by atoms with van der Waals surface area (Å²) in [6.07, 6.45) is 1.13. The van der Waals surface area contributed by atoms with Crippen LogP contribution in [0.1, 0.15) is 35.1 Å². The Balaban J connectivity index is 1.91.